The number of hydrogen-bond donors (Lipinski definition) is 1. The molecule has 114 valence electrons. The second kappa shape index (κ2) is 5.56. The quantitative estimate of drug-likeness (QED) is 0.525. The maximum absolute atomic E-state index is 3.60. The van der Waals surface area contributed by atoms with E-state index < -0.39 is 0 Å². The lowest BCUT2D eigenvalue weighted by Crippen LogP contribution is -2.10. The molecule has 4 rings (SSSR count). The third-order valence-corrected chi connectivity index (χ3v) is 4.27. The predicted molar refractivity (Wildman–Crippen MR) is 98.6 cm³/mol. The minimum Gasteiger partial charge on any atom is -0.357 e. The minimum absolute atomic E-state index is 0.919. The molecule has 0 saturated carbocycles. The smallest absolute Gasteiger partial charge is 0.0469 e. The van der Waals surface area contributed by atoms with Gasteiger partial charge in [-0.3, -0.25) is 0 Å². The van der Waals surface area contributed by atoms with Crippen LogP contribution in [0.4, 0.5) is 0 Å². The number of nitrogens with zero attached hydrogens (tertiary/aromatic N) is 1. The molecule has 1 aromatic heterocycles. The van der Waals surface area contributed by atoms with Crippen LogP contribution in [0.25, 0.3) is 32.8 Å². The van der Waals surface area contributed by atoms with Gasteiger partial charge in [0.05, 0.1) is 0 Å². The van der Waals surface area contributed by atoms with E-state index in [9.17, 15) is 0 Å². The summed E-state index contributed by atoms with van der Waals surface area (Å²) in [7, 11) is 4.18. The van der Waals surface area contributed by atoms with Crippen LogP contribution in [-0.4, -0.2) is 24.0 Å². The van der Waals surface area contributed by atoms with E-state index in [2.05, 4.69) is 90.7 Å². The second-order valence-corrected chi connectivity index (χ2v) is 6.33. The van der Waals surface area contributed by atoms with Crippen LogP contribution >= 0.6 is 0 Å². The average molecular weight is 300 g/mol. The van der Waals surface area contributed by atoms with Gasteiger partial charge in [-0.15, -0.1) is 0 Å². The van der Waals surface area contributed by atoms with Crippen LogP contribution in [0.1, 0.15) is 5.69 Å². The van der Waals surface area contributed by atoms with Crippen LogP contribution < -0.4 is 0 Å². The molecule has 0 spiro atoms. The zero-order chi connectivity index (χ0) is 15.8. The van der Waals surface area contributed by atoms with Crippen molar-refractivity contribution in [2.75, 3.05) is 14.1 Å². The molecule has 0 bridgehead atoms. The Morgan fingerprint density at radius 3 is 2.00 bits per heavy atom. The highest BCUT2D eigenvalue weighted by Gasteiger charge is 2.11. The Balaban J connectivity index is 2.01. The Hall–Kier alpha value is -2.58. The number of hydrogen-bond acceptors (Lipinski definition) is 1. The first-order valence-corrected chi connectivity index (χ1v) is 7.96. The highest BCUT2D eigenvalue weighted by molar-refractivity contribution is 6.12. The first-order chi connectivity index (χ1) is 11.2. The maximum Gasteiger partial charge on any atom is 0.0469 e. The predicted octanol–water partition coefficient (Wildman–Crippen LogP) is 5.05. The Morgan fingerprint density at radius 2 is 1.39 bits per heavy atom. The van der Waals surface area contributed by atoms with Crippen molar-refractivity contribution in [1.82, 2.24) is 9.88 Å². The molecule has 0 aliphatic heterocycles. The number of rotatable bonds is 3. The molecule has 4 aromatic rings. The standard InChI is InChI=1S/C21H20N2/c1-23(2)14-17-11-12-20(22-17)21-18-9-5-3-7-15(18)13-16-8-4-6-10-19(16)21/h3-13,22H,14H2,1-2H3. The van der Waals surface area contributed by atoms with Gasteiger partial charge in [0.1, 0.15) is 0 Å². The molecule has 1 heterocycles. The summed E-state index contributed by atoms with van der Waals surface area (Å²) in [5.74, 6) is 0. The Labute approximate surface area is 136 Å². The molecule has 0 unspecified atom stereocenters. The summed E-state index contributed by atoms with van der Waals surface area (Å²) >= 11 is 0. The van der Waals surface area contributed by atoms with Crippen LogP contribution in [0.2, 0.25) is 0 Å². The van der Waals surface area contributed by atoms with E-state index in [-0.39, 0.29) is 0 Å². The molecule has 3 aromatic carbocycles. The molecule has 0 saturated heterocycles. The van der Waals surface area contributed by atoms with E-state index in [0.29, 0.717) is 0 Å². The van der Waals surface area contributed by atoms with Gasteiger partial charge in [0.25, 0.3) is 0 Å². The lowest BCUT2D eigenvalue weighted by atomic mass is 9.95. The number of nitrogens with one attached hydrogen (secondary N) is 1. The fraction of sp³-hybridized carbons (Fsp3) is 0.143. The van der Waals surface area contributed by atoms with Gasteiger partial charge in [-0.2, -0.15) is 0 Å². The van der Waals surface area contributed by atoms with E-state index >= 15 is 0 Å². The normalized spacial score (nSPS) is 11.6. The molecule has 0 radical (unpaired) electrons. The third kappa shape index (κ3) is 2.51. The molecule has 0 atom stereocenters. The molecular formula is C21H20N2. The summed E-state index contributed by atoms with van der Waals surface area (Å²) in [6.07, 6.45) is 0. The summed E-state index contributed by atoms with van der Waals surface area (Å²) < 4.78 is 0. The van der Waals surface area contributed by atoms with Gasteiger partial charge in [-0.25, -0.2) is 0 Å². The largest absolute Gasteiger partial charge is 0.357 e. The van der Waals surface area contributed by atoms with Crippen LogP contribution in [-0.2, 0) is 6.54 Å². The van der Waals surface area contributed by atoms with E-state index in [1.807, 2.05) is 0 Å². The van der Waals surface area contributed by atoms with Crippen LogP contribution in [0.15, 0.2) is 66.7 Å². The molecule has 0 fully saturated rings. The van der Waals surface area contributed by atoms with Crippen molar-refractivity contribution in [3.8, 4) is 11.3 Å². The summed E-state index contributed by atoms with van der Waals surface area (Å²) in [4.78, 5) is 5.78. The van der Waals surface area contributed by atoms with E-state index in [1.165, 1.54) is 38.5 Å². The van der Waals surface area contributed by atoms with Crippen molar-refractivity contribution >= 4 is 21.5 Å². The van der Waals surface area contributed by atoms with Crippen LogP contribution in [0.5, 0.6) is 0 Å². The average Bonchev–Trinajstić information content (AvgIpc) is 2.99. The van der Waals surface area contributed by atoms with Gasteiger partial charge in [0.2, 0.25) is 0 Å². The zero-order valence-electron chi connectivity index (χ0n) is 13.5. The number of H-pyrrole nitrogens is 1. The Morgan fingerprint density at radius 1 is 0.783 bits per heavy atom. The molecule has 1 N–H and O–H groups in total. The molecular weight excluding hydrogens is 280 g/mol. The lowest BCUT2D eigenvalue weighted by Gasteiger charge is -2.11. The molecule has 0 aliphatic rings. The third-order valence-electron chi connectivity index (χ3n) is 4.27. The van der Waals surface area contributed by atoms with Crippen LogP contribution in [0, 0.1) is 0 Å². The topological polar surface area (TPSA) is 19.0 Å². The van der Waals surface area contributed by atoms with E-state index in [1.54, 1.807) is 0 Å². The fourth-order valence-corrected chi connectivity index (χ4v) is 3.32. The zero-order valence-corrected chi connectivity index (χ0v) is 13.5. The first kappa shape index (κ1) is 14.0. The number of aromatic nitrogens is 1. The van der Waals surface area contributed by atoms with Crippen LogP contribution in [0.3, 0.4) is 0 Å². The van der Waals surface area contributed by atoms with E-state index in [0.717, 1.165) is 6.54 Å². The van der Waals surface area contributed by atoms with Crippen molar-refractivity contribution in [3.63, 3.8) is 0 Å². The monoisotopic (exact) mass is 300 g/mol. The SMILES string of the molecule is CN(C)Cc1ccc(-c2c3ccccc3cc3ccccc23)[nH]1. The fourth-order valence-electron chi connectivity index (χ4n) is 3.32. The first-order valence-electron chi connectivity index (χ1n) is 7.96. The Bertz CT molecular complexity index is 925. The van der Waals surface area contributed by atoms with Gasteiger partial charge < -0.3 is 9.88 Å². The molecule has 2 nitrogen and oxygen atoms in total. The maximum atomic E-state index is 3.60. The highest BCUT2D eigenvalue weighted by atomic mass is 15.1. The van der Waals surface area contributed by atoms with Gasteiger partial charge in [0, 0.05) is 23.5 Å². The van der Waals surface area contributed by atoms with Crippen molar-refractivity contribution in [2.24, 2.45) is 0 Å². The summed E-state index contributed by atoms with van der Waals surface area (Å²) in [6, 6.07) is 23.9. The summed E-state index contributed by atoms with van der Waals surface area (Å²) in [5, 5.41) is 5.16. The van der Waals surface area contributed by atoms with Crippen molar-refractivity contribution < 1.29 is 0 Å². The van der Waals surface area contributed by atoms with Gasteiger partial charge in [0.15, 0.2) is 0 Å². The summed E-state index contributed by atoms with van der Waals surface area (Å²) in [5.41, 5.74) is 3.72. The number of aromatic amines is 1. The second-order valence-electron chi connectivity index (χ2n) is 6.33. The molecule has 23 heavy (non-hydrogen) atoms. The van der Waals surface area contributed by atoms with Crippen molar-refractivity contribution in [2.45, 2.75) is 6.54 Å². The molecule has 0 aliphatic carbocycles. The van der Waals surface area contributed by atoms with Gasteiger partial charge in [-0.05, 0) is 53.8 Å². The van der Waals surface area contributed by atoms with Crippen molar-refractivity contribution in [3.05, 3.63) is 72.4 Å². The van der Waals surface area contributed by atoms with E-state index in [4.69, 9.17) is 0 Å². The highest BCUT2D eigenvalue weighted by Crippen LogP contribution is 2.35. The number of fused-ring (bicyclic) bond motifs is 2. The minimum atomic E-state index is 0.919. The van der Waals surface area contributed by atoms with Gasteiger partial charge in [-0.1, -0.05) is 48.5 Å². The molecule has 2 heteroatoms. The molecule has 0 amide bonds. The Kier molecular flexibility index (Phi) is 3.40. The lowest BCUT2D eigenvalue weighted by molar-refractivity contribution is 0.398. The summed E-state index contributed by atoms with van der Waals surface area (Å²) in [6.45, 7) is 0.919. The van der Waals surface area contributed by atoms with Gasteiger partial charge >= 0.3 is 0 Å². The number of benzene rings is 3. The van der Waals surface area contributed by atoms with Crippen molar-refractivity contribution in [1.29, 1.82) is 0 Å².